The lowest BCUT2D eigenvalue weighted by atomic mass is 9.91. The van der Waals surface area contributed by atoms with Crippen LogP contribution in [0.2, 0.25) is 0 Å². The van der Waals surface area contributed by atoms with Crippen LogP contribution in [0.1, 0.15) is 61.7 Å². The van der Waals surface area contributed by atoms with Crippen LogP contribution in [0.5, 0.6) is 0 Å². The predicted octanol–water partition coefficient (Wildman–Crippen LogP) is 2.77. The molecule has 3 nitrogen and oxygen atoms in total. The highest BCUT2D eigenvalue weighted by Gasteiger charge is 2.24. The largest absolute Gasteiger partial charge is 0.317 e. The van der Waals surface area contributed by atoms with Gasteiger partial charge in [0.2, 0.25) is 0 Å². The quantitative estimate of drug-likeness (QED) is 0.851. The van der Waals surface area contributed by atoms with Gasteiger partial charge >= 0.3 is 0 Å². The number of piperidine rings is 1. The minimum Gasteiger partial charge on any atom is -0.317 e. The number of hydrogen-bond donors (Lipinski definition) is 1. The molecule has 1 saturated heterocycles. The van der Waals surface area contributed by atoms with E-state index in [1.54, 1.807) is 0 Å². The van der Waals surface area contributed by atoms with E-state index in [1.165, 1.54) is 62.9 Å². The zero-order valence-corrected chi connectivity index (χ0v) is 10.8. The van der Waals surface area contributed by atoms with Gasteiger partial charge in [-0.15, -0.1) is 0 Å². The van der Waals surface area contributed by atoms with Gasteiger partial charge in [-0.3, -0.25) is 4.68 Å². The average Bonchev–Trinajstić information content (AvgIpc) is 2.99. The van der Waals surface area contributed by atoms with Gasteiger partial charge in [-0.2, -0.15) is 5.10 Å². The Kier molecular flexibility index (Phi) is 3.19. The van der Waals surface area contributed by atoms with Crippen molar-refractivity contribution in [2.45, 2.75) is 57.4 Å². The summed E-state index contributed by atoms with van der Waals surface area (Å²) in [6.07, 6.45) is 10.1. The second kappa shape index (κ2) is 4.81. The summed E-state index contributed by atoms with van der Waals surface area (Å²) in [5.41, 5.74) is 2.95. The predicted molar refractivity (Wildman–Crippen MR) is 69.3 cm³/mol. The molecule has 2 fully saturated rings. The van der Waals surface area contributed by atoms with Crippen molar-refractivity contribution in [1.29, 1.82) is 0 Å². The number of rotatable bonds is 2. The molecule has 1 aliphatic heterocycles. The molecule has 1 N–H and O–H groups in total. The lowest BCUT2D eigenvalue weighted by Gasteiger charge is -2.23. The molecule has 1 saturated carbocycles. The van der Waals surface area contributed by atoms with E-state index >= 15 is 0 Å². The lowest BCUT2D eigenvalue weighted by Crippen LogP contribution is -2.26. The minimum atomic E-state index is 0.686. The summed E-state index contributed by atoms with van der Waals surface area (Å²) in [6.45, 7) is 4.60. The average molecular weight is 233 g/mol. The first-order chi connectivity index (χ1) is 8.36. The summed E-state index contributed by atoms with van der Waals surface area (Å²) in [7, 11) is 0. The highest BCUT2D eigenvalue weighted by Crippen LogP contribution is 2.33. The number of nitrogens with one attached hydrogen (secondary N) is 1. The van der Waals surface area contributed by atoms with Gasteiger partial charge in [0, 0.05) is 5.69 Å². The van der Waals surface area contributed by atoms with Crippen LogP contribution >= 0.6 is 0 Å². The maximum absolute atomic E-state index is 4.67. The third kappa shape index (κ3) is 2.13. The Morgan fingerprint density at radius 1 is 1.18 bits per heavy atom. The summed E-state index contributed by atoms with van der Waals surface area (Å²) < 4.78 is 2.31. The highest BCUT2D eigenvalue weighted by atomic mass is 15.3. The van der Waals surface area contributed by atoms with Crippen molar-refractivity contribution in [2.24, 2.45) is 0 Å². The van der Waals surface area contributed by atoms with Crippen LogP contribution in [0.3, 0.4) is 0 Å². The Hall–Kier alpha value is -0.830. The van der Waals surface area contributed by atoms with Crippen molar-refractivity contribution in [3.8, 4) is 0 Å². The molecule has 0 unspecified atom stereocenters. The molecule has 17 heavy (non-hydrogen) atoms. The maximum atomic E-state index is 4.67. The van der Waals surface area contributed by atoms with Crippen LogP contribution in [0.15, 0.2) is 6.20 Å². The Labute approximate surface area is 104 Å². The van der Waals surface area contributed by atoms with E-state index in [4.69, 9.17) is 0 Å². The van der Waals surface area contributed by atoms with Crippen LogP contribution in [-0.2, 0) is 0 Å². The normalized spacial score (nSPS) is 23.4. The van der Waals surface area contributed by atoms with Crippen LogP contribution in [0, 0.1) is 6.92 Å². The van der Waals surface area contributed by atoms with Crippen LogP contribution < -0.4 is 5.32 Å². The Morgan fingerprint density at radius 2 is 1.88 bits per heavy atom. The van der Waals surface area contributed by atoms with E-state index < -0.39 is 0 Å². The standard InChI is InChI=1S/C14H23N3/c1-11-14(12-6-8-15-9-7-12)10-16-17(11)13-4-2-3-5-13/h10,12-13,15H,2-9H2,1H3. The first kappa shape index (κ1) is 11.3. The molecular formula is C14H23N3. The second-order valence-corrected chi connectivity index (χ2v) is 5.59. The molecule has 2 heterocycles. The van der Waals surface area contributed by atoms with Crippen LogP contribution in [0.4, 0.5) is 0 Å². The molecule has 3 heteroatoms. The third-order valence-corrected chi connectivity index (χ3v) is 4.53. The van der Waals surface area contributed by atoms with Gasteiger partial charge in [-0.1, -0.05) is 12.8 Å². The first-order valence-corrected chi connectivity index (χ1v) is 7.11. The molecule has 1 aromatic heterocycles. The molecule has 0 amide bonds. The molecule has 0 aromatic carbocycles. The summed E-state index contributed by atoms with van der Waals surface area (Å²) in [6, 6.07) is 0.686. The SMILES string of the molecule is Cc1c(C2CCNCC2)cnn1C1CCCC1. The van der Waals surface area contributed by atoms with Crippen LogP contribution in [-0.4, -0.2) is 22.9 Å². The monoisotopic (exact) mass is 233 g/mol. The summed E-state index contributed by atoms with van der Waals surface area (Å²) in [5, 5.41) is 8.11. The topological polar surface area (TPSA) is 29.9 Å². The minimum absolute atomic E-state index is 0.686. The Bertz CT molecular complexity index is 371. The van der Waals surface area contributed by atoms with Crippen molar-refractivity contribution in [1.82, 2.24) is 15.1 Å². The summed E-state index contributed by atoms with van der Waals surface area (Å²) in [5.74, 6) is 0.742. The van der Waals surface area contributed by atoms with Gasteiger partial charge in [0.05, 0.1) is 12.2 Å². The maximum Gasteiger partial charge on any atom is 0.0527 e. The lowest BCUT2D eigenvalue weighted by molar-refractivity contribution is 0.444. The second-order valence-electron chi connectivity index (χ2n) is 5.59. The fourth-order valence-electron chi connectivity index (χ4n) is 3.49. The first-order valence-electron chi connectivity index (χ1n) is 7.11. The van der Waals surface area contributed by atoms with Gasteiger partial charge in [0.1, 0.15) is 0 Å². The van der Waals surface area contributed by atoms with Gasteiger partial charge < -0.3 is 5.32 Å². The number of nitrogens with zero attached hydrogens (tertiary/aromatic N) is 2. The molecule has 1 aliphatic carbocycles. The van der Waals surface area contributed by atoms with Gasteiger partial charge in [0.15, 0.2) is 0 Å². The Balaban J connectivity index is 1.80. The molecule has 94 valence electrons. The van der Waals surface area contributed by atoms with E-state index in [9.17, 15) is 0 Å². The molecule has 0 radical (unpaired) electrons. The third-order valence-electron chi connectivity index (χ3n) is 4.53. The zero-order valence-electron chi connectivity index (χ0n) is 10.8. The number of hydrogen-bond acceptors (Lipinski definition) is 2. The molecule has 1 aromatic rings. The summed E-state index contributed by atoms with van der Waals surface area (Å²) in [4.78, 5) is 0. The van der Waals surface area contributed by atoms with Gasteiger partial charge in [-0.25, -0.2) is 0 Å². The Morgan fingerprint density at radius 3 is 2.59 bits per heavy atom. The van der Waals surface area contributed by atoms with Gasteiger partial charge in [0.25, 0.3) is 0 Å². The molecule has 0 spiro atoms. The molecular weight excluding hydrogens is 210 g/mol. The van der Waals surface area contributed by atoms with E-state index in [0.29, 0.717) is 6.04 Å². The molecule has 0 atom stereocenters. The zero-order chi connectivity index (χ0) is 11.7. The molecule has 3 rings (SSSR count). The smallest absolute Gasteiger partial charge is 0.0527 e. The highest BCUT2D eigenvalue weighted by molar-refractivity contribution is 5.22. The van der Waals surface area contributed by atoms with Crippen LogP contribution in [0.25, 0.3) is 0 Å². The van der Waals surface area contributed by atoms with E-state index in [1.807, 2.05) is 0 Å². The fourth-order valence-corrected chi connectivity index (χ4v) is 3.49. The number of aromatic nitrogens is 2. The van der Waals surface area contributed by atoms with Crippen molar-refractivity contribution in [3.63, 3.8) is 0 Å². The van der Waals surface area contributed by atoms with E-state index in [0.717, 1.165) is 5.92 Å². The van der Waals surface area contributed by atoms with E-state index in [-0.39, 0.29) is 0 Å². The molecule has 2 aliphatic rings. The van der Waals surface area contributed by atoms with Crippen molar-refractivity contribution < 1.29 is 0 Å². The molecule has 0 bridgehead atoms. The van der Waals surface area contributed by atoms with Crippen molar-refractivity contribution in [2.75, 3.05) is 13.1 Å². The fraction of sp³-hybridized carbons (Fsp3) is 0.786. The van der Waals surface area contributed by atoms with Crippen molar-refractivity contribution in [3.05, 3.63) is 17.5 Å². The van der Waals surface area contributed by atoms with Crippen molar-refractivity contribution >= 4 is 0 Å². The summed E-state index contributed by atoms with van der Waals surface area (Å²) >= 11 is 0. The van der Waals surface area contributed by atoms with E-state index in [2.05, 4.69) is 28.2 Å². The van der Waals surface area contributed by atoms with Gasteiger partial charge in [-0.05, 0) is 57.2 Å².